The second-order valence-corrected chi connectivity index (χ2v) is 10.4. The molecular formula is C32H32N6O7. The van der Waals surface area contributed by atoms with Crippen molar-refractivity contribution in [2.45, 2.75) is 45.6 Å². The molecular weight excluding hydrogens is 580 g/mol. The molecule has 5 aromatic rings. The van der Waals surface area contributed by atoms with Crippen LogP contribution in [-0.4, -0.2) is 74.5 Å². The van der Waals surface area contributed by atoms with Gasteiger partial charge in [-0.15, -0.1) is 10.2 Å². The zero-order chi connectivity index (χ0) is 31.2. The van der Waals surface area contributed by atoms with Gasteiger partial charge in [0.1, 0.15) is 6.10 Å². The number of hydrogen-bond acceptors (Lipinski definition) is 11. The summed E-state index contributed by atoms with van der Waals surface area (Å²) >= 11 is 0. The molecule has 13 heteroatoms. The van der Waals surface area contributed by atoms with Crippen LogP contribution in [0.1, 0.15) is 42.6 Å². The molecule has 2 unspecified atom stereocenters. The molecule has 1 aliphatic heterocycles. The summed E-state index contributed by atoms with van der Waals surface area (Å²) in [6.07, 6.45) is -1.01. The topological polar surface area (TPSA) is 153 Å². The highest BCUT2D eigenvalue weighted by atomic mass is 16.8. The van der Waals surface area contributed by atoms with Crippen molar-refractivity contribution >= 4 is 23.2 Å². The standard InChI is InChI=1S/C32H32N6O7/c1-3-42-31-33-27-12-6-11-26(30(39)43-20(2)44-32(40)45-23-8-7-17-41-19-23)28(27)38(31)18-21-13-15-22(16-14-21)24-9-4-5-10-25(24)29-34-36-37-35-29/h4-6,9-16,20,23H,3,7-8,17-19H2,1-2H3,(H,34,35,36,37). The summed E-state index contributed by atoms with van der Waals surface area (Å²) in [6, 6.07) is 21.4. The molecule has 3 aromatic carbocycles. The fourth-order valence-electron chi connectivity index (χ4n) is 5.23. The number of H-pyrrole nitrogens is 1. The maximum Gasteiger partial charge on any atom is 0.511 e. The molecule has 1 fully saturated rings. The van der Waals surface area contributed by atoms with Crippen LogP contribution in [0.4, 0.5) is 4.79 Å². The van der Waals surface area contributed by atoms with Crippen molar-refractivity contribution in [3.63, 3.8) is 0 Å². The molecule has 0 amide bonds. The van der Waals surface area contributed by atoms with Gasteiger partial charge in [0.25, 0.3) is 6.01 Å². The number of rotatable bonds is 10. The van der Waals surface area contributed by atoms with Gasteiger partial charge < -0.3 is 23.7 Å². The Labute approximate surface area is 258 Å². The number of hydrogen-bond donors (Lipinski definition) is 1. The number of para-hydroxylation sites is 1. The van der Waals surface area contributed by atoms with Gasteiger partial charge in [0.05, 0.1) is 36.4 Å². The van der Waals surface area contributed by atoms with E-state index in [1.54, 1.807) is 18.2 Å². The number of carbonyl (C=O) groups excluding carboxylic acids is 2. The first kappa shape index (κ1) is 29.8. The Balaban J connectivity index is 1.22. The minimum absolute atomic E-state index is 0.251. The van der Waals surface area contributed by atoms with Crippen LogP contribution in [0, 0.1) is 0 Å². The third-order valence-electron chi connectivity index (χ3n) is 7.26. The largest absolute Gasteiger partial charge is 0.511 e. The van der Waals surface area contributed by atoms with Gasteiger partial charge in [-0.1, -0.05) is 54.6 Å². The highest BCUT2D eigenvalue weighted by molar-refractivity contribution is 6.02. The molecule has 0 aliphatic carbocycles. The predicted molar refractivity (Wildman–Crippen MR) is 161 cm³/mol. The van der Waals surface area contributed by atoms with Crippen molar-refractivity contribution in [3.8, 4) is 28.5 Å². The number of nitrogens with one attached hydrogen (secondary N) is 1. The van der Waals surface area contributed by atoms with Crippen LogP contribution in [0.5, 0.6) is 6.01 Å². The van der Waals surface area contributed by atoms with E-state index in [4.69, 9.17) is 23.7 Å². The van der Waals surface area contributed by atoms with Crippen LogP contribution >= 0.6 is 0 Å². The van der Waals surface area contributed by atoms with Crippen molar-refractivity contribution < 1.29 is 33.3 Å². The highest BCUT2D eigenvalue weighted by Gasteiger charge is 2.25. The lowest BCUT2D eigenvalue weighted by Crippen LogP contribution is -2.30. The number of nitrogens with zero attached hydrogens (tertiary/aromatic N) is 5. The lowest BCUT2D eigenvalue weighted by atomic mass is 9.98. The van der Waals surface area contributed by atoms with Gasteiger partial charge in [-0.25, -0.2) is 9.59 Å². The molecule has 13 nitrogen and oxygen atoms in total. The van der Waals surface area contributed by atoms with Crippen LogP contribution in [0.15, 0.2) is 66.7 Å². The quantitative estimate of drug-likeness (QED) is 0.164. The first-order valence-corrected chi connectivity index (χ1v) is 14.7. The summed E-state index contributed by atoms with van der Waals surface area (Å²) in [5.74, 6) is -0.171. The van der Waals surface area contributed by atoms with Crippen molar-refractivity contribution in [1.29, 1.82) is 0 Å². The average Bonchev–Trinajstić information content (AvgIpc) is 3.71. The minimum Gasteiger partial charge on any atom is -0.465 e. The van der Waals surface area contributed by atoms with Gasteiger partial charge in [0, 0.05) is 19.1 Å². The zero-order valence-electron chi connectivity index (χ0n) is 24.8. The van der Waals surface area contributed by atoms with Crippen molar-refractivity contribution in [3.05, 3.63) is 77.9 Å². The number of aromatic amines is 1. The first-order valence-electron chi connectivity index (χ1n) is 14.7. The molecule has 0 spiro atoms. The van der Waals surface area contributed by atoms with Gasteiger partial charge >= 0.3 is 12.1 Å². The van der Waals surface area contributed by atoms with Crippen LogP contribution in [-0.2, 0) is 25.5 Å². The Morgan fingerprint density at radius 3 is 2.60 bits per heavy atom. The second-order valence-electron chi connectivity index (χ2n) is 10.4. The van der Waals surface area contributed by atoms with Gasteiger partial charge in [-0.05, 0) is 53.8 Å². The number of aromatic nitrogens is 6. The maximum atomic E-state index is 13.4. The summed E-state index contributed by atoms with van der Waals surface area (Å²) in [4.78, 5) is 30.2. The number of esters is 1. The van der Waals surface area contributed by atoms with E-state index in [0.717, 1.165) is 28.7 Å². The van der Waals surface area contributed by atoms with E-state index < -0.39 is 18.4 Å². The Hall–Kier alpha value is -5.30. The number of imidazole rings is 1. The third kappa shape index (κ3) is 6.78. The maximum absolute atomic E-state index is 13.4. The molecule has 1 N–H and O–H groups in total. The summed E-state index contributed by atoms with van der Waals surface area (Å²) in [5, 5.41) is 14.4. The minimum atomic E-state index is -1.18. The molecule has 2 aromatic heterocycles. The number of fused-ring (bicyclic) bond motifs is 1. The van der Waals surface area contributed by atoms with E-state index in [2.05, 4.69) is 25.6 Å². The highest BCUT2D eigenvalue weighted by Crippen LogP contribution is 2.31. The number of ether oxygens (including phenoxy) is 5. The fourth-order valence-corrected chi connectivity index (χ4v) is 5.23. The number of tetrazole rings is 1. The van der Waals surface area contributed by atoms with E-state index in [9.17, 15) is 9.59 Å². The van der Waals surface area contributed by atoms with Crippen molar-refractivity contribution in [1.82, 2.24) is 30.2 Å². The monoisotopic (exact) mass is 612 g/mol. The van der Waals surface area contributed by atoms with Gasteiger partial charge in [0.2, 0.25) is 12.1 Å². The van der Waals surface area contributed by atoms with E-state index in [0.29, 0.717) is 55.7 Å². The van der Waals surface area contributed by atoms with Crippen LogP contribution in [0.2, 0.25) is 0 Å². The average molecular weight is 613 g/mol. The van der Waals surface area contributed by atoms with Crippen molar-refractivity contribution in [2.75, 3.05) is 19.8 Å². The van der Waals surface area contributed by atoms with Gasteiger partial charge in [0.15, 0.2) is 0 Å². The van der Waals surface area contributed by atoms with E-state index >= 15 is 0 Å². The van der Waals surface area contributed by atoms with Gasteiger partial charge in [-0.3, -0.25) is 4.57 Å². The predicted octanol–water partition coefficient (Wildman–Crippen LogP) is 5.17. The molecule has 0 saturated carbocycles. The molecule has 0 bridgehead atoms. The lowest BCUT2D eigenvalue weighted by Gasteiger charge is -2.22. The van der Waals surface area contributed by atoms with Crippen LogP contribution in [0.3, 0.4) is 0 Å². The Bertz CT molecular complexity index is 1760. The molecule has 1 aliphatic rings. The number of benzene rings is 3. The Morgan fingerprint density at radius 2 is 1.87 bits per heavy atom. The zero-order valence-corrected chi connectivity index (χ0v) is 24.8. The Kier molecular flexibility index (Phi) is 8.96. The van der Waals surface area contributed by atoms with E-state index in [1.165, 1.54) is 6.92 Å². The summed E-state index contributed by atoms with van der Waals surface area (Å²) in [7, 11) is 0. The Morgan fingerprint density at radius 1 is 1.04 bits per heavy atom. The second kappa shape index (κ2) is 13.6. The molecule has 45 heavy (non-hydrogen) atoms. The van der Waals surface area contributed by atoms with Gasteiger partial charge in [-0.2, -0.15) is 10.2 Å². The fraction of sp³-hybridized carbons (Fsp3) is 0.312. The van der Waals surface area contributed by atoms with Crippen molar-refractivity contribution in [2.24, 2.45) is 0 Å². The van der Waals surface area contributed by atoms with Crippen LogP contribution < -0.4 is 4.74 Å². The normalized spacial score (nSPS) is 15.4. The summed E-state index contributed by atoms with van der Waals surface area (Å²) < 4.78 is 29.0. The third-order valence-corrected chi connectivity index (χ3v) is 7.26. The summed E-state index contributed by atoms with van der Waals surface area (Å²) in [6.45, 7) is 5.02. The van der Waals surface area contributed by atoms with Crippen LogP contribution in [0.25, 0.3) is 33.5 Å². The first-order chi connectivity index (χ1) is 22.0. The molecule has 3 heterocycles. The number of carbonyl (C=O) groups is 2. The smallest absolute Gasteiger partial charge is 0.465 e. The molecule has 6 rings (SSSR count). The molecule has 1 saturated heterocycles. The molecule has 0 radical (unpaired) electrons. The van der Waals surface area contributed by atoms with E-state index in [1.807, 2.05) is 60.0 Å². The lowest BCUT2D eigenvalue weighted by molar-refractivity contribution is -0.102. The SMILES string of the molecule is CCOc1nc2cccc(C(=O)OC(C)OC(=O)OC3CCCOC3)c2n1Cc1ccc(-c2ccccc2-c2nn[nH]n2)cc1. The summed E-state index contributed by atoms with van der Waals surface area (Å²) in [5.41, 5.74) is 5.09. The molecule has 2 atom stereocenters. The van der Waals surface area contributed by atoms with E-state index in [-0.39, 0.29) is 11.7 Å². The molecule has 232 valence electrons.